The molecule has 0 fully saturated rings. The topological polar surface area (TPSA) is 105 Å². The van der Waals surface area contributed by atoms with Crippen LogP contribution in [0.1, 0.15) is 41.1 Å². The van der Waals surface area contributed by atoms with Crippen molar-refractivity contribution in [1.29, 1.82) is 0 Å². The summed E-state index contributed by atoms with van der Waals surface area (Å²) in [5.41, 5.74) is 1.10. The van der Waals surface area contributed by atoms with Gasteiger partial charge in [0.05, 0.1) is 43.7 Å². The summed E-state index contributed by atoms with van der Waals surface area (Å²) in [7, 11) is 0. The Labute approximate surface area is 201 Å². The highest BCUT2D eigenvalue weighted by Gasteiger charge is 2.24. The molecule has 0 saturated carbocycles. The fourth-order valence-corrected chi connectivity index (χ4v) is 5.93. The highest BCUT2D eigenvalue weighted by molar-refractivity contribution is 7.18. The minimum atomic E-state index is -0.726. The molecule has 0 radical (unpaired) electrons. The lowest BCUT2D eigenvalue weighted by molar-refractivity contribution is 0.00125. The van der Waals surface area contributed by atoms with Crippen molar-refractivity contribution in [3.8, 4) is 0 Å². The van der Waals surface area contributed by atoms with Crippen LogP contribution in [0, 0.1) is 5.92 Å². The Balaban J connectivity index is 1.30. The first kappa shape index (κ1) is 23.0. The zero-order chi connectivity index (χ0) is 23.5. The SMILES string of the molecule is CC1CCc2c(sc3nc(CN(Cc4ccco4)CC(O)COCc4ccco4)[nH]c(=O)c23)C1. The highest BCUT2D eigenvalue weighted by Crippen LogP contribution is 2.35. The van der Waals surface area contributed by atoms with Crippen molar-refractivity contribution in [3.63, 3.8) is 0 Å². The van der Waals surface area contributed by atoms with Crippen molar-refractivity contribution in [2.75, 3.05) is 13.2 Å². The Morgan fingerprint density at radius 3 is 2.82 bits per heavy atom. The molecule has 0 amide bonds. The van der Waals surface area contributed by atoms with Gasteiger partial charge >= 0.3 is 0 Å². The van der Waals surface area contributed by atoms with Gasteiger partial charge in [0.2, 0.25) is 0 Å². The Hall–Kier alpha value is -2.72. The van der Waals surface area contributed by atoms with Crippen LogP contribution in [0.2, 0.25) is 0 Å². The molecule has 5 rings (SSSR count). The van der Waals surface area contributed by atoms with Crippen molar-refractivity contribution >= 4 is 21.6 Å². The molecule has 4 heterocycles. The number of aromatic nitrogens is 2. The number of nitrogens with zero attached hydrogens (tertiary/aromatic N) is 2. The average molecular weight is 484 g/mol. The molecule has 1 aliphatic rings. The molecule has 1 aliphatic carbocycles. The Kier molecular flexibility index (Phi) is 6.96. The van der Waals surface area contributed by atoms with E-state index in [1.807, 2.05) is 23.1 Å². The first-order valence-corrected chi connectivity index (χ1v) is 12.4. The molecule has 34 heavy (non-hydrogen) atoms. The molecule has 0 aliphatic heterocycles. The summed E-state index contributed by atoms with van der Waals surface area (Å²) >= 11 is 1.64. The number of hydrogen-bond donors (Lipinski definition) is 2. The molecule has 0 aromatic carbocycles. The molecule has 8 nitrogen and oxygen atoms in total. The van der Waals surface area contributed by atoms with Gasteiger partial charge in [-0.25, -0.2) is 4.98 Å². The first-order chi connectivity index (χ1) is 16.5. The predicted molar refractivity (Wildman–Crippen MR) is 129 cm³/mol. The number of fused-ring (bicyclic) bond motifs is 3. The second kappa shape index (κ2) is 10.3. The van der Waals surface area contributed by atoms with Crippen LogP contribution in [-0.4, -0.2) is 39.2 Å². The maximum atomic E-state index is 13.0. The lowest BCUT2D eigenvalue weighted by Crippen LogP contribution is -2.35. The molecular weight excluding hydrogens is 454 g/mol. The maximum Gasteiger partial charge on any atom is 0.259 e. The molecule has 0 saturated heterocycles. The molecule has 0 spiro atoms. The van der Waals surface area contributed by atoms with E-state index in [4.69, 9.17) is 18.6 Å². The van der Waals surface area contributed by atoms with E-state index in [9.17, 15) is 9.90 Å². The number of ether oxygens (including phenoxy) is 1. The summed E-state index contributed by atoms with van der Waals surface area (Å²) in [6.45, 7) is 3.90. The van der Waals surface area contributed by atoms with Gasteiger partial charge in [0.1, 0.15) is 28.8 Å². The maximum absolute atomic E-state index is 13.0. The number of thiophene rings is 1. The molecule has 180 valence electrons. The van der Waals surface area contributed by atoms with Gasteiger partial charge in [0, 0.05) is 11.4 Å². The quantitative estimate of drug-likeness (QED) is 0.353. The van der Waals surface area contributed by atoms with Gasteiger partial charge in [0.15, 0.2) is 0 Å². The van der Waals surface area contributed by atoms with Gasteiger partial charge in [-0.2, -0.15) is 0 Å². The number of rotatable bonds is 10. The number of aryl methyl sites for hydroxylation is 1. The van der Waals surface area contributed by atoms with Crippen molar-refractivity contribution in [3.05, 3.63) is 74.9 Å². The Morgan fingerprint density at radius 2 is 2.06 bits per heavy atom. The summed E-state index contributed by atoms with van der Waals surface area (Å²) in [4.78, 5) is 24.9. The molecule has 2 unspecified atom stereocenters. The van der Waals surface area contributed by atoms with E-state index in [1.54, 1.807) is 29.9 Å². The zero-order valence-corrected chi connectivity index (χ0v) is 20.0. The van der Waals surface area contributed by atoms with Gasteiger partial charge in [-0.1, -0.05) is 6.92 Å². The van der Waals surface area contributed by atoms with Gasteiger partial charge in [-0.3, -0.25) is 9.69 Å². The number of aliphatic hydroxyl groups excluding tert-OH is 1. The fourth-order valence-electron chi connectivity index (χ4n) is 4.53. The van der Waals surface area contributed by atoms with Gasteiger partial charge in [0.25, 0.3) is 5.56 Å². The van der Waals surface area contributed by atoms with Gasteiger partial charge in [-0.05, 0) is 55.0 Å². The van der Waals surface area contributed by atoms with Crippen LogP contribution in [-0.2, 0) is 37.3 Å². The van der Waals surface area contributed by atoms with E-state index < -0.39 is 6.10 Å². The fraction of sp³-hybridized carbons (Fsp3) is 0.440. The smallest absolute Gasteiger partial charge is 0.259 e. The number of aliphatic hydroxyl groups is 1. The molecule has 2 atom stereocenters. The number of nitrogens with one attached hydrogen (secondary N) is 1. The molecule has 0 bridgehead atoms. The van der Waals surface area contributed by atoms with E-state index in [1.165, 1.54) is 10.4 Å². The Morgan fingerprint density at radius 1 is 1.26 bits per heavy atom. The van der Waals surface area contributed by atoms with Gasteiger partial charge in [-0.15, -0.1) is 11.3 Å². The third kappa shape index (κ3) is 5.33. The molecular formula is C25H29N3O5S. The standard InChI is InChI=1S/C25H29N3O5S/c1-16-6-7-20-21(10-16)34-25-23(20)24(30)26-22(27-25)13-28(12-18-4-2-8-32-18)11-17(29)14-31-15-19-5-3-9-33-19/h2-5,8-9,16-17,29H,6-7,10-15H2,1H3,(H,26,27,30). The minimum Gasteiger partial charge on any atom is -0.468 e. The number of aromatic amines is 1. The van der Waals surface area contributed by atoms with E-state index in [-0.39, 0.29) is 12.2 Å². The van der Waals surface area contributed by atoms with Crippen molar-refractivity contribution in [1.82, 2.24) is 14.9 Å². The third-order valence-corrected chi connectivity index (χ3v) is 7.30. The Bertz CT molecular complexity index is 1260. The number of furan rings is 2. The zero-order valence-electron chi connectivity index (χ0n) is 19.2. The molecule has 2 N–H and O–H groups in total. The van der Waals surface area contributed by atoms with Crippen molar-refractivity contribution < 1.29 is 18.7 Å². The highest BCUT2D eigenvalue weighted by atomic mass is 32.1. The summed E-state index contributed by atoms with van der Waals surface area (Å²) in [5, 5.41) is 11.3. The largest absolute Gasteiger partial charge is 0.468 e. The monoisotopic (exact) mass is 483 g/mol. The molecule has 4 aromatic rings. The van der Waals surface area contributed by atoms with Crippen LogP contribution in [0.25, 0.3) is 10.2 Å². The third-order valence-electron chi connectivity index (χ3n) is 6.15. The minimum absolute atomic E-state index is 0.0765. The van der Waals surface area contributed by atoms with E-state index in [2.05, 4.69) is 11.9 Å². The molecule has 9 heteroatoms. The van der Waals surface area contributed by atoms with Crippen LogP contribution in [0.5, 0.6) is 0 Å². The van der Waals surface area contributed by atoms with Crippen molar-refractivity contribution in [2.24, 2.45) is 5.92 Å². The lowest BCUT2D eigenvalue weighted by Gasteiger charge is -2.23. The van der Waals surface area contributed by atoms with Crippen LogP contribution < -0.4 is 5.56 Å². The van der Waals surface area contributed by atoms with Crippen LogP contribution in [0.3, 0.4) is 0 Å². The number of H-pyrrole nitrogens is 1. The lowest BCUT2D eigenvalue weighted by atomic mass is 9.89. The van der Waals surface area contributed by atoms with Crippen LogP contribution in [0.4, 0.5) is 0 Å². The van der Waals surface area contributed by atoms with Gasteiger partial charge < -0.3 is 23.7 Å². The van der Waals surface area contributed by atoms with Crippen LogP contribution in [0.15, 0.2) is 50.4 Å². The summed E-state index contributed by atoms with van der Waals surface area (Å²) in [6.07, 6.45) is 5.55. The first-order valence-electron chi connectivity index (χ1n) is 11.6. The molecule has 4 aromatic heterocycles. The second-order valence-electron chi connectivity index (χ2n) is 9.04. The second-order valence-corrected chi connectivity index (χ2v) is 10.1. The van der Waals surface area contributed by atoms with E-state index in [0.717, 1.165) is 35.2 Å². The summed E-state index contributed by atoms with van der Waals surface area (Å²) < 4.78 is 16.4. The normalized spacial score (nSPS) is 16.9. The van der Waals surface area contributed by atoms with E-state index in [0.29, 0.717) is 43.7 Å². The predicted octanol–water partition coefficient (Wildman–Crippen LogP) is 3.88. The number of hydrogen-bond acceptors (Lipinski definition) is 8. The van der Waals surface area contributed by atoms with E-state index >= 15 is 0 Å². The average Bonchev–Trinajstić information content (AvgIpc) is 3.54. The summed E-state index contributed by atoms with van der Waals surface area (Å²) in [6, 6.07) is 7.35. The summed E-state index contributed by atoms with van der Waals surface area (Å²) in [5.74, 6) is 2.70. The van der Waals surface area contributed by atoms with Crippen LogP contribution >= 0.6 is 11.3 Å². The van der Waals surface area contributed by atoms with Crippen molar-refractivity contribution in [2.45, 2.75) is 52.0 Å².